The van der Waals surface area contributed by atoms with E-state index in [9.17, 15) is 8.78 Å². The van der Waals surface area contributed by atoms with Crippen molar-refractivity contribution >= 4 is 91.6 Å². The molecule has 0 amide bonds. The van der Waals surface area contributed by atoms with E-state index in [0.29, 0.717) is 22.3 Å². The van der Waals surface area contributed by atoms with Crippen LogP contribution < -0.4 is 0 Å². The van der Waals surface area contributed by atoms with Crippen molar-refractivity contribution in [2.45, 2.75) is 64.2 Å². The van der Waals surface area contributed by atoms with Crippen molar-refractivity contribution in [3.05, 3.63) is 165 Å². The van der Waals surface area contributed by atoms with Crippen LogP contribution in [0, 0.1) is 58.2 Å². The maximum atomic E-state index is 16.1. The van der Waals surface area contributed by atoms with Crippen LogP contribution in [-0.2, 0) is 12.8 Å². The fourth-order valence-corrected chi connectivity index (χ4v) is 10.3. The van der Waals surface area contributed by atoms with Crippen LogP contribution in [0.2, 0.25) is 0 Å². The van der Waals surface area contributed by atoms with Gasteiger partial charge in [-0.05, 0) is 118 Å². The van der Waals surface area contributed by atoms with E-state index in [4.69, 9.17) is 9.97 Å². The minimum atomic E-state index is -2.34. The van der Waals surface area contributed by atoms with Gasteiger partial charge in [0.2, 0.25) is 11.6 Å². The number of unbranched alkanes of at least 4 members (excludes halogenated alkanes) is 6. The molecule has 0 fully saturated rings. The Morgan fingerprint density at radius 2 is 0.583 bits per heavy atom. The van der Waals surface area contributed by atoms with Crippen molar-refractivity contribution in [3.8, 4) is 44.5 Å². The third kappa shape index (κ3) is 10.0. The molecule has 0 unspecified atom stereocenters. The Morgan fingerprint density at radius 1 is 0.306 bits per heavy atom. The van der Waals surface area contributed by atoms with Gasteiger partial charge in [0.05, 0.1) is 33.9 Å². The summed E-state index contributed by atoms with van der Waals surface area (Å²) < 4.78 is 157. The Kier molecular flexibility index (Phi) is 15.7. The second-order valence-electron chi connectivity index (χ2n) is 17.5. The number of halogens is 12. The summed E-state index contributed by atoms with van der Waals surface area (Å²) in [6, 6.07) is 20.6. The molecule has 0 radical (unpaired) electrons. The number of rotatable bonds is 16. The fraction of sp³-hybridized carbons (Fsp3) is 0.214. The lowest BCUT2D eigenvalue weighted by atomic mass is 10.00. The molecule has 2 N–H and O–H groups in total. The molecule has 3 aromatic heterocycles. The van der Waals surface area contributed by atoms with E-state index in [1.165, 1.54) is 48.6 Å². The first-order valence-corrected chi connectivity index (χ1v) is 26.4. The van der Waals surface area contributed by atoms with Crippen LogP contribution in [0.4, 0.5) is 43.9 Å². The Bertz CT molecular complexity index is 3170. The first-order chi connectivity index (χ1) is 34.8. The third-order valence-corrected chi connectivity index (χ3v) is 14.4. The van der Waals surface area contributed by atoms with Gasteiger partial charge < -0.3 is 9.97 Å². The van der Waals surface area contributed by atoms with Crippen LogP contribution in [0.3, 0.4) is 0 Å². The van der Waals surface area contributed by atoms with Crippen molar-refractivity contribution in [1.29, 1.82) is 0 Å². The fourth-order valence-electron chi connectivity index (χ4n) is 9.22. The molecule has 7 aromatic rings. The number of aromatic nitrogens is 4. The number of fused-ring (bicyclic) bond motifs is 8. The van der Waals surface area contributed by atoms with Crippen LogP contribution in [-0.4, -0.2) is 28.8 Å². The Labute approximate surface area is 435 Å². The minimum absolute atomic E-state index is 0.113. The van der Waals surface area contributed by atoms with Crippen molar-refractivity contribution in [2.75, 3.05) is 8.86 Å². The van der Waals surface area contributed by atoms with Crippen molar-refractivity contribution < 1.29 is 43.9 Å². The highest BCUT2D eigenvalue weighted by atomic mass is 127. The Balaban J connectivity index is 1.38. The van der Waals surface area contributed by atoms with Crippen LogP contribution in [0.5, 0.6) is 0 Å². The quantitative estimate of drug-likeness (QED) is 0.0253. The highest BCUT2D eigenvalue weighted by Gasteiger charge is 2.32. The largest absolute Gasteiger partial charge is 0.354 e. The molecule has 9 rings (SSSR count). The maximum Gasteiger partial charge on any atom is 0.200 e. The number of benzene rings is 4. The summed E-state index contributed by atoms with van der Waals surface area (Å²) in [6.07, 6.45) is 15.6. The molecule has 8 bridgehead atoms. The topological polar surface area (TPSA) is 57.4 Å². The summed E-state index contributed by atoms with van der Waals surface area (Å²) in [5.41, 5.74) is 0.255. The van der Waals surface area contributed by atoms with E-state index in [-0.39, 0.29) is 44.8 Å². The van der Waals surface area contributed by atoms with Gasteiger partial charge in [-0.2, -0.15) is 0 Å². The Morgan fingerprint density at radius 3 is 0.903 bits per heavy atom. The molecule has 0 atom stereocenters. The van der Waals surface area contributed by atoms with Crippen molar-refractivity contribution in [1.82, 2.24) is 19.9 Å². The van der Waals surface area contributed by atoms with Gasteiger partial charge in [-0.15, -0.1) is 0 Å². The number of nitrogens with one attached hydrogen (secondary N) is 2. The van der Waals surface area contributed by atoms with E-state index in [1.54, 1.807) is 24.3 Å². The van der Waals surface area contributed by atoms with Gasteiger partial charge in [-0.1, -0.05) is 119 Å². The lowest BCUT2D eigenvalue weighted by Crippen LogP contribution is -2.05. The third-order valence-electron chi connectivity index (χ3n) is 12.9. The number of hydrogen-bond acceptors (Lipinski definition) is 2. The van der Waals surface area contributed by atoms with E-state index < -0.39 is 80.4 Å². The number of alkyl halides is 2. The van der Waals surface area contributed by atoms with Crippen LogP contribution >= 0.6 is 45.2 Å². The second-order valence-corrected chi connectivity index (χ2v) is 19.7. The molecule has 0 spiro atoms. The predicted octanol–water partition coefficient (Wildman–Crippen LogP) is 17.8. The van der Waals surface area contributed by atoms with Crippen LogP contribution in [0.25, 0.3) is 90.9 Å². The highest BCUT2D eigenvalue weighted by Crippen LogP contribution is 2.42. The molecule has 2 aliphatic heterocycles. The monoisotopic (exact) mass is 1210 g/mol. The molecule has 2 aliphatic rings. The normalized spacial score (nSPS) is 12.2. The molecule has 0 aliphatic carbocycles. The molecular formula is C56H42F10I2N4. The highest BCUT2D eigenvalue weighted by molar-refractivity contribution is 14.1. The van der Waals surface area contributed by atoms with Crippen LogP contribution in [0.1, 0.15) is 85.3 Å². The average Bonchev–Trinajstić information content (AvgIpc) is 4.25. The summed E-state index contributed by atoms with van der Waals surface area (Å²) in [4.78, 5) is 15.8. The number of aromatic amines is 2. The zero-order chi connectivity index (χ0) is 50.8. The summed E-state index contributed by atoms with van der Waals surface area (Å²) in [6.45, 7) is 0. The summed E-state index contributed by atoms with van der Waals surface area (Å²) >= 11 is 4.69. The molecule has 72 heavy (non-hydrogen) atoms. The molecule has 4 nitrogen and oxygen atoms in total. The lowest BCUT2D eigenvalue weighted by molar-refractivity contribution is 0.381. The van der Waals surface area contributed by atoms with Crippen LogP contribution in [0.15, 0.2) is 72.8 Å². The van der Waals surface area contributed by atoms with Gasteiger partial charge >= 0.3 is 0 Å². The zero-order valence-electron chi connectivity index (χ0n) is 38.2. The lowest BCUT2D eigenvalue weighted by Gasteiger charge is -2.11. The molecule has 5 heterocycles. The molecular weight excluding hydrogens is 1170 g/mol. The van der Waals surface area contributed by atoms with E-state index in [2.05, 4.69) is 55.1 Å². The molecule has 0 saturated carbocycles. The summed E-state index contributed by atoms with van der Waals surface area (Å²) in [5, 5.41) is 0. The van der Waals surface area contributed by atoms with Gasteiger partial charge in [0.25, 0.3) is 0 Å². The standard InChI is InChI=1S/C56H42F10I2N4/c57-47-45(48(58)52(62)55(65)51(47)61)43-37-23-19-33(69-37)41(31-15-11-29(12-16-31)9-5-1-3-7-27-67)34-20-24-38(70-34)44(46-49(59)53(63)56(66)54(64)50(46)60)40-26-22-36(72-40)42(35-21-25-39(43)71-35)32-17-13-30(14-18-32)10-6-2-4-8-28-68/h11-26,69,72H,1-10,27-28H2. The number of H-pyrrole nitrogens is 2. The SMILES string of the molecule is Fc1c(F)c(F)c(-c2c3nc(c(-c4ccc(CCCCCCI)cc4)c4ccc([nH]4)c(-c4c(F)c(F)c(F)c(F)c4F)c4nc(c(-c5ccc(CCCCCCI)cc5)c5ccc2[nH]5)C=C4)C=C3)c(F)c1F. The van der Waals surface area contributed by atoms with E-state index in [0.717, 1.165) is 84.2 Å². The van der Waals surface area contributed by atoms with Gasteiger partial charge in [-0.3, -0.25) is 0 Å². The summed E-state index contributed by atoms with van der Waals surface area (Å²) in [7, 11) is 0. The van der Waals surface area contributed by atoms with Crippen molar-refractivity contribution in [2.24, 2.45) is 0 Å². The predicted molar refractivity (Wildman–Crippen MR) is 282 cm³/mol. The maximum absolute atomic E-state index is 16.1. The second kappa shape index (κ2) is 22.2. The molecule has 4 aromatic carbocycles. The van der Waals surface area contributed by atoms with Gasteiger partial charge in [0.1, 0.15) is 0 Å². The number of nitrogens with zero attached hydrogens (tertiary/aromatic N) is 2. The molecule has 16 heteroatoms. The zero-order valence-corrected chi connectivity index (χ0v) is 42.5. The van der Waals surface area contributed by atoms with E-state index in [1.807, 2.05) is 24.3 Å². The summed E-state index contributed by atoms with van der Waals surface area (Å²) in [5.74, 6) is -21.7. The Hall–Kier alpha value is -5.76. The first-order valence-electron chi connectivity index (χ1n) is 23.3. The smallest absolute Gasteiger partial charge is 0.200 e. The minimum Gasteiger partial charge on any atom is -0.354 e. The average molecular weight is 1210 g/mol. The van der Waals surface area contributed by atoms with Gasteiger partial charge in [-0.25, -0.2) is 53.9 Å². The number of aryl methyl sites for hydroxylation is 2. The van der Waals surface area contributed by atoms with Gasteiger partial charge in [0.15, 0.2) is 46.5 Å². The van der Waals surface area contributed by atoms with Crippen molar-refractivity contribution in [3.63, 3.8) is 0 Å². The van der Waals surface area contributed by atoms with E-state index >= 15 is 35.1 Å². The molecule has 0 saturated heterocycles. The molecule has 370 valence electrons. The number of hydrogen-bond donors (Lipinski definition) is 2. The first kappa shape index (κ1) is 51.2. The van der Waals surface area contributed by atoms with Gasteiger partial charge in [0, 0.05) is 44.3 Å².